The van der Waals surface area contributed by atoms with Crippen LogP contribution >= 0.6 is 0 Å². The second-order valence-corrected chi connectivity index (χ2v) is 0.761. The van der Waals surface area contributed by atoms with Gasteiger partial charge in [0.05, 0.1) is 0 Å². The normalized spacial score (nSPS) is 7.50. The maximum absolute atomic E-state index is 3.46. The molecule has 0 unspecified atom stereocenters. The van der Waals surface area contributed by atoms with E-state index < -0.39 is 0 Å². The minimum atomic E-state index is 0. The third-order valence-corrected chi connectivity index (χ3v) is 0.329. The van der Waals surface area contributed by atoms with Crippen LogP contribution in [0.1, 0.15) is 6.92 Å². The fraction of sp³-hybridized carbons (Fsp3) is 0.200. The summed E-state index contributed by atoms with van der Waals surface area (Å²) in [6.07, 6.45) is 5.58. The number of rotatable bonds is 1. The topological polar surface area (TPSA) is 0 Å². The molecule has 1 heteroatoms. The van der Waals surface area contributed by atoms with E-state index in [1.165, 1.54) is 0 Å². The average Bonchev–Trinajstić information content (AvgIpc) is 1.41. The van der Waals surface area contributed by atoms with Crippen molar-refractivity contribution >= 4 is 27.3 Å². The summed E-state index contributed by atoms with van der Waals surface area (Å²) in [5.41, 5.74) is 0. The predicted octanol–water partition coefficient (Wildman–Crippen LogP) is 1.37. The molecule has 0 nitrogen and oxygen atoms in total. The van der Waals surface area contributed by atoms with Gasteiger partial charge in [-0.3, -0.25) is 0 Å². The molecule has 0 spiro atoms. The van der Waals surface area contributed by atoms with E-state index in [2.05, 4.69) is 6.58 Å². The monoisotopic (exact) mass is 276 g/mol. The predicted molar refractivity (Wildman–Crippen MR) is 30.8 cm³/mol. The Bertz CT molecular complexity index is 45.9. The van der Waals surface area contributed by atoms with Gasteiger partial charge >= 0.3 is 0 Å². The molecular formula is C5H8Pb. The molecule has 0 bridgehead atoms. The third-order valence-electron chi connectivity index (χ3n) is 0.329. The van der Waals surface area contributed by atoms with Gasteiger partial charge in [-0.15, -0.1) is 0 Å². The molecule has 4 radical (unpaired) electrons. The van der Waals surface area contributed by atoms with Gasteiger partial charge in [-0.2, -0.15) is 0 Å². The fourth-order valence-electron chi connectivity index (χ4n) is 0.136. The summed E-state index contributed by atoms with van der Waals surface area (Å²) < 4.78 is 0. The molecule has 0 saturated heterocycles. The van der Waals surface area contributed by atoms with Gasteiger partial charge in [-0.05, 0) is 6.92 Å². The van der Waals surface area contributed by atoms with Gasteiger partial charge in [0, 0.05) is 27.3 Å². The Morgan fingerprint density at radius 1 is 1.50 bits per heavy atom. The summed E-state index contributed by atoms with van der Waals surface area (Å²) >= 11 is 0. The Balaban J connectivity index is 0. The summed E-state index contributed by atoms with van der Waals surface area (Å²) in [6.45, 7) is 5.42. The van der Waals surface area contributed by atoms with Crippen molar-refractivity contribution in [1.29, 1.82) is 0 Å². The second kappa shape index (κ2) is 9.04. The molecule has 0 rings (SSSR count). The molecular weight excluding hydrogens is 267 g/mol. The molecule has 0 aliphatic heterocycles. The van der Waals surface area contributed by atoms with Crippen molar-refractivity contribution in [2.75, 3.05) is 0 Å². The quantitative estimate of drug-likeness (QED) is 0.501. The zero-order valence-electron chi connectivity index (χ0n) is 3.94. The molecule has 0 amide bonds. The van der Waals surface area contributed by atoms with Crippen LogP contribution in [0.25, 0.3) is 0 Å². The standard InChI is InChI=1S/C5H8.Pb/c1-3-5-4-2;/h3-5H,1H2,2H3;. The van der Waals surface area contributed by atoms with Crippen LogP contribution in [0.3, 0.4) is 0 Å². The minimum Gasteiger partial charge on any atom is -0.0991 e. The summed E-state index contributed by atoms with van der Waals surface area (Å²) in [4.78, 5) is 0. The van der Waals surface area contributed by atoms with Crippen molar-refractivity contribution in [2.45, 2.75) is 6.92 Å². The van der Waals surface area contributed by atoms with Crippen molar-refractivity contribution < 1.29 is 0 Å². The largest absolute Gasteiger partial charge is 0.0991 e. The van der Waals surface area contributed by atoms with Crippen molar-refractivity contribution in [3.8, 4) is 0 Å². The zero-order valence-corrected chi connectivity index (χ0v) is 7.83. The van der Waals surface area contributed by atoms with Gasteiger partial charge in [0.1, 0.15) is 0 Å². The molecule has 0 aliphatic carbocycles. The van der Waals surface area contributed by atoms with Gasteiger partial charge in [0.2, 0.25) is 0 Å². The van der Waals surface area contributed by atoms with Gasteiger partial charge in [0.25, 0.3) is 0 Å². The molecule has 0 atom stereocenters. The third kappa shape index (κ3) is 8.83. The van der Waals surface area contributed by atoms with E-state index in [1.807, 2.05) is 19.1 Å². The van der Waals surface area contributed by atoms with Gasteiger partial charge < -0.3 is 0 Å². The van der Waals surface area contributed by atoms with E-state index in [4.69, 9.17) is 0 Å². The van der Waals surface area contributed by atoms with E-state index in [9.17, 15) is 0 Å². The van der Waals surface area contributed by atoms with Crippen LogP contribution in [0.4, 0.5) is 0 Å². The Hall–Kier alpha value is 0.402. The van der Waals surface area contributed by atoms with Crippen molar-refractivity contribution in [3.63, 3.8) is 0 Å². The molecule has 0 aliphatic rings. The van der Waals surface area contributed by atoms with Gasteiger partial charge in [0.15, 0.2) is 0 Å². The summed E-state index contributed by atoms with van der Waals surface area (Å²) in [5, 5.41) is 0. The summed E-state index contributed by atoms with van der Waals surface area (Å²) in [5.74, 6) is 0. The number of hydrogen-bond acceptors (Lipinski definition) is 0. The molecule has 0 heterocycles. The smallest absolute Gasteiger partial charge is 0 e. The molecule has 0 aromatic heterocycles. The van der Waals surface area contributed by atoms with Crippen molar-refractivity contribution in [2.24, 2.45) is 0 Å². The van der Waals surface area contributed by atoms with Crippen molar-refractivity contribution in [1.82, 2.24) is 0 Å². The first-order valence-corrected chi connectivity index (χ1v) is 1.65. The molecule has 6 heavy (non-hydrogen) atoms. The van der Waals surface area contributed by atoms with Crippen molar-refractivity contribution in [3.05, 3.63) is 24.8 Å². The maximum Gasteiger partial charge on any atom is 0 e. The Kier molecular flexibility index (Phi) is 14.5. The van der Waals surface area contributed by atoms with E-state index in [-0.39, 0.29) is 27.3 Å². The number of hydrogen-bond donors (Lipinski definition) is 0. The van der Waals surface area contributed by atoms with E-state index >= 15 is 0 Å². The molecule has 0 saturated carbocycles. The molecule has 0 aromatic carbocycles. The van der Waals surface area contributed by atoms with Crippen LogP contribution in [-0.2, 0) is 0 Å². The van der Waals surface area contributed by atoms with Crippen LogP contribution in [0.5, 0.6) is 0 Å². The van der Waals surface area contributed by atoms with Gasteiger partial charge in [-0.1, -0.05) is 24.8 Å². The Morgan fingerprint density at radius 2 is 2.00 bits per heavy atom. The average molecular weight is 275 g/mol. The van der Waals surface area contributed by atoms with Crippen LogP contribution in [0, 0.1) is 0 Å². The van der Waals surface area contributed by atoms with E-state index in [0.717, 1.165) is 0 Å². The van der Waals surface area contributed by atoms with Crippen LogP contribution in [0.15, 0.2) is 24.8 Å². The minimum absolute atomic E-state index is 0. The molecule has 0 aromatic rings. The first-order chi connectivity index (χ1) is 2.41. The summed E-state index contributed by atoms with van der Waals surface area (Å²) in [6, 6.07) is 0. The molecule has 32 valence electrons. The number of allylic oxidation sites excluding steroid dienone is 3. The Labute approximate surface area is 59.1 Å². The molecule has 0 fully saturated rings. The SMILES string of the molecule is C=CC=CC.[Pb]. The van der Waals surface area contributed by atoms with Gasteiger partial charge in [-0.25, -0.2) is 0 Å². The van der Waals surface area contributed by atoms with Crippen LogP contribution in [-0.4, -0.2) is 27.3 Å². The fourth-order valence-corrected chi connectivity index (χ4v) is 0.136. The second-order valence-electron chi connectivity index (χ2n) is 0.761. The summed E-state index contributed by atoms with van der Waals surface area (Å²) in [7, 11) is 0. The first kappa shape index (κ1) is 9.64. The first-order valence-electron chi connectivity index (χ1n) is 1.65. The zero-order chi connectivity index (χ0) is 4.12. The maximum atomic E-state index is 3.46. The Morgan fingerprint density at radius 3 is 2.00 bits per heavy atom. The van der Waals surface area contributed by atoms with E-state index in [0.29, 0.717) is 0 Å². The molecule has 0 N–H and O–H groups in total. The van der Waals surface area contributed by atoms with E-state index in [1.54, 1.807) is 6.08 Å². The van der Waals surface area contributed by atoms with Crippen LogP contribution in [0.2, 0.25) is 0 Å². The van der Waals surface area contributed by atoms with Crippen LogP contribution < -0.4 is 0 Å².